The smallest absolute Gasteiger partial charge is 0.177 e. The maximum absolute atomic E-state index is 5.76. The number of nitrogen functional groups attached to an aromatic ring is 1. The Morgan fingerprint density at radius 2 is 2.17 bits per heavy atom. The molecule has 1 aromatic carbocycles. The summed E-state index contributed by atoms with van der Waals surface area (Å²) in [5.41, 5.74) is 7.51. The molecule has 92 valence electrons. The van der Waals surface area contributed by atoms with E-state index in [0.29, 0.717) is 0 Å². The van der Waals surface area contributed by atoms with Crippen LogP contribution in [0.3, 0.4) is 0 Å². The molecule has 0 spiro atoms. The van der Waals surface area contributed by atoms with Crippen molar-refractivity contribution < 1.29 is 0 Å². The highest BCUT2D eigenvalue weighted by Gasteiger charge is 2.09. The fraction of sp³-hybridized carbons (Fsp3) is 0.182. The van der Waals surface area contributed by atoms with Crippen molar-refractivity contribution in [2.75, 3.05) is 5.73 Å². The number of thiazole rings is 1. The largest absolute Gasteiger partial charge is 0.399 e. The molecular weight excluding hydrogens is 284 g/mol. The van der Waals surface area contributed by atoms with Gasteiger partial charge in [0.1, 0.15) is 5.82 Å². The Labute approximate surface area is 116 Å². The maximum atomic E-state index is 5.76. The molecule has 18 heavy (non-hydrogen) atoms. The predicted molar refractivity (Wildman–Crippen MR) is 77.4 cm³/mol. The van der Waals surface area contributed by atoms with E-state index in [2.05, 4.69) is 21.3 Å². The molecule has 2 heterocycles. The summed E-state index contributed by atoms with van der Waals surface area (Å²) < 4.78 is 7.30. The standard InChI is InChI=1S/C11H10N4S3/c1-2-9-14-11(18-15-9)17-10-13-7-4-3-6(12)5-8(7)16-10/h3-5H,2,12H2,1H3. The summed E-state index contributed by atoms with van der Waals surface area (Å²) >= 11 is 4.63. The molecule has 0 aliphatic rings. The predicted octanol–water partition coefficient (Wildman–Crippen LogP) is 3.44. The van der Waals surface area contributed by atoms with Crippen LogP contribution in [0.1, 0.15) is 12.7 Å². The minimum atomic E-state index is 0.770. The zero-order valence-corrected chi connectivity index (χ0v) is 12.0. The number of benzene rings is 1. The highest BCUT2D eigenvalue weighted by atomic mass is 32.2. The Bertz CT molecular complexity index is 688. The number of anilines is 1. The summed E-state index contributed by atoms with van der Waals surface area (Å²) in [6, 6.07) is 5.77. The van der Waals surface area contributed by atoms with Crippen molar-refractivity contribution >= 4 is 50.5 Å². The molecule has 3 aromatic rings. The van der Waals surface area contributed by atoms with Crippen molar-refractivity contribution in [3.8, 4) is 0 Å². The molecule has 0 saturated heterocycles. The van der Waals surface area contributed by atoms with Gasteiger partial charge in [0.15, 0.2) is 8.68 Å². The third kappa shape index (κ3) is 2.33. The third-order valence-corrected chi connectivity index (χ3v) is 5.20. The van der Waals surface area contributed by atoms with E-state index in [1.165, 1.54) is 11.5 Å². The van der Waals surface area contributed by atoms with E-state index in [-0.39, 0.29) is 0 Å². The van der Waals surface area contributed by atoms with Crippen LogP contribution in [0, 0.1) is 0 Å². The molecule has 0 fully saturated rings. The Morgan fingerprint density at radius 3 is 2.94 bits per heavy atom. The van der Waals surface area contributed by atoms with Crippen LogP contribution >= 0.6 is 34.6 Å². The third-order valence-electron chi connectivity index (χ3n) is 2.33. The molecule has 0 aliphatic carbocycles. The quantitative estimate of drug-likeness (QED) is 0.750. The number of rotatable bonds is 3. The Hall–Kier alpha value is -1.18. The number of fused-ring (bicyclic) bond motifs is 1. The molecule has 2 aromatic heterocycles. The van der Waals surface area contributed by atoms with E-state index in [9.17, 15) is 0 Å². The lowest BCUT2D eigenvalue weighted by molar-refractivity contribution is 0.971. The van der Waals surface area contributed by atoms with Gasteiger partial charge in [-0.3, -0.25) is 0 Å². The van der Waals surface area contributed by atoms with Gasteiger partial charge >= 0.3 is 0 Å². The van der Waals surface area contributed by atoms with E-state index in [4.69, 9.17) is 5.73 Å². The normalized spacial score (nSPS) is 11.2. The van der Waals surface area contributed by atoms with E-state index in [1.54, 1.807) is 23.1 Å². The number of hydrogen-bond donors (Lipinski definition) is 1. The van der Waals surface area contributed by atoms with Crippen molar-refractivity contribution in [1.29, 1.82) is 0 Å². The first-order valence-electron chi connectivity index (χ1n) is 5.41. The molecule has 0 unspecified atom stereocenters. The van der Waals surface area contributed by atoms with Crippen LogP contribution in [0.2, 0.25) is 0 Å². The van der Waals surface area contributed by atoms with Crippen LogP contribution in [0.15, 0.2) is 26.9 Å². The lowest BCUT2D eigenvalue weighted by Crippen LogP contribution is -1.81. The highest BCUT2D eigenvalue weighted by Crippen LogP contribution is 2.35. The zero-order chi connectivity index (χ0) is 12.5. The van der Waals surface area contributed by atoms with Crippen LogP contribution in [0.5, 0.6) is 0 Å². The van der Waals surface area contributed by atoms with Crippen molar-refractivity contribution in [1.82, 2.24) is 14.3 Å². The monoisotopic (exact) mass is 294 g/mol. The lowest BCUT2D eigenvalue weighted by atomic mass is 10.3. The zero-order valence-electron chi connectivity index (χ0n) is 9.58. The second kappa shape index (κ2) is 4.83. The molecular formula is C11H10N4S3. The molecule has 4 nitrogen and oxygen atoms in total. The summed E-state index contributed by atoms with van der Waals surface area (Å²) in [5, 5.41) is 0. The number of nitrogens with zero attached hydrogens (tertiary/aromatic N) is 3. The maximum Gasteiger partial charge on any atom is 0.177 e. The SMILES string of the molecule is CCc1nsc(Sc2nc3ccc(N)cc3s2)n1. The summed E-state index contributed by atoms with van der Waals surface area (Å²) in [6.07, 6.45) is 0.868. The highest BCUT2D eigenvalue weighted by molar-refractivity contribution is 8.02. The summed E-state index contributed by atoms with van der Waals surface area (Å²) in [7, 11) is 0. The van der Waals surface area contributed by atoms with Crippen LogP contribution in [0.4, 0.5) is 5.69 Å². The molecule has 7 heteroatoms. The average Bonchev–Trinajstić information content (AvgIpc) is 2.95. The fourth-order valence-corrected chi connectivity index (χ4v) is 4.48. The minimum absolute atomic E-state index is 0.770. The number of nitrogens with two attached hydrogens (primary N) is 1. The van der Waals surface area contributed by atoms with E-state index in [0.717, 1.165) is 36.8 Å². The summed E-state index contributed by atoms with van der Waals surface area (Å²) in [6.45, 7) is 2.05. The molecule has 3 rings (SSSR count). The minimum Gasteiger partial charge on any atom is -0.399 e. The van der Waals surface area contributed by atoms with E-state index in [1.807, 2.05) is 18.2 Å². The Balaban J connectivity index is 1.90. The van der Waals surface area contributed by atoms with Gasteiger partial charge < -0.3 is 5.73 Å². The number of aromatic nitrogens is 3. The molecule has 0 aliphatic heterocycles. The van der Waals surface area contributed by atoms with Crippen molar-refractivity contribution in [2.45, 2.75) is 22.0 Å². The van der Waals surface area contributed by atoms with Gasteiger partial charge in [-0.05, 0) is 41.5 Å². The van der Waals surface area contributed by atoms with Gasteiger partial charge in [-0.25, -0.2) is 9.97 Å². The lowest BCUT2D eigenvalue weighted by Gasteiger charge is -1.88. The number of aryl methyl sites for hydroxylation is 1. The van der Waals surface area contributed by atoms with Crippen molar-refractivity contribution in [3.63, 3.8) is 0 Å². The van der Waals surface area contributed by atoms with Crippen LogP contribution < -0.4 is 5.73 Å². The molecule has 0 bridgehead atoms. The molecule has 0 radical (unpaired) electrons. The van der Waals surface area contributed by atoms with Crippen LogP contribution in [-0.4, -0.2) is 14.3 Å². The van der Waals surface area contributed by atoms with Gasteiger partial charge in [-0.1, -0.05) is 6.92 Å². The Morgan fingerprint density at radius 1 is 1.28 bits per heavy atom. The van der Waals surface area contributed by atoms with E-state index >= 15 is 0 Å². The number of hydrogen-bond acceptors (Lipinski definition) is 7. The first-order chi connectivity index (χ1) is 8.74. The molecule has 2 N–H and O–H groups in total. The van der Waals surface area contributed by atoms with Gasteiger partial charge in [0.2, 0.25) is 0 Å². The topological polar surface area (TPSA) is 64.7 Å². The van der Waals surface area contributed by atoms with Crippen molar-refractivity contribution in [3.05, 3.63) is 24.0 Å². The second-order valence-corrected chi connectivity index (χ2v) is 6.92. The van der Waals surface area contributed by atoms with Crippen LogP contribution in [-0.2, 0) is 6.42 Å². The molecule has 0 atom stereocenters. The first-order valence-corrected chi connectivity index (χ1v) is 7.81. The molecule has 0 amide bonds. The summed E-state index contributed by atoms with van der Waals surface area (Å²) in [5.74, 6) is 0.896. The summed E-state index contributed by atoms with van der Waals surface area (Å²) in [4.78, 5) is 8.97. The van der Waals surface area contributed by atoms with Gasteiger partial charge in [0.05, 0.1) is 10.2 Å². The van der Waals surface area contributed by atoms with Gasteiger partial charge in [0.25, 0.3) is 0 Å². The van der Waals surface area contributed by atoms with Crippen LogP contribution in [0.25, 0.3) is 10.2 Å². The van der Waals surface area contributed by atoms with Crippen molar-refractivity contribution in [2.24, 2.45) is 0 Å². The van der Waals surface area contributed by atoms with Gasteiger partial charge in [-0.15, -0.1) is 11.3 Å². The fourth-order valence-electron chi connectivity index (χ4n) is 1.46. The van der Waals surface area contributed by atoms with Gasteiger partial charge in [0, 0.05) is 12.1 Å². The first kappa shape index (κ1) is 11.9. The average molecular weight is 294 g/mol. The second-order valence-electron chi connectivity index (χ2n) is 3.64. The van der Waals surface area contributed by atoms with E-state index < -0.39 is 0 Å². The Kier molecular flexibility index (Phi) is 3.19. The van der Waals surface area contributed by atoms with Gasteiger partial charge in [-0.2, -0.15) is 4.37 Å². The molecule has 0 saturated carbocycles.